The van der Waals surface area contributed by atoms with Gasteiger partial charge in [0, 0.05) is 0 Å². The van der Waals surface area contributed by atoms with E-state index in [1.165, 1.54) is 18.2 Å². The van der Waals surface area contributed by atoms with Crippen molar-refractivity contribution in [1.29, 1.82) is 0 Å². The van der Waals surface area contributed by atoms with E-state index >= 15 is 0 Å². The minimum Gasteiger partial charge on any atom is -0.507 e. The van der Waals surface area contributed by atoms with E-state index in [4.69, 9.17) is 4.52 Å². The second-order valence-corrected chi connectivity index (χ2v) is 5.62. The Morgan fingerprint density at radius 1 is 1.42 bits per heavy atom. The lowest BCUT2D eigenvalue weighted by Gasteiger charge is -2.00. The molecule has 0 spiro atoms. The monoisotopic (exact) mass is 282 g/mol. The number of nitrogens with zero attached hydrogens (tertiary/aromatic N) is 2. The van der Waals surface area contributed by atoms with E-state index in [9.17, 15) is 9.50 Å². The van der Waals surface area contributed by atoms with E-state index in [1.807, 2.05) is 0 Å². The lowest BCUT2D eigenvalue weighted by molar-refractivity contribution is 0.419. The van der Waals surface area contributed by atoms with Crippen LogP contribution in [0, 0.1) is 11.7 Å². The lowest BCUT2D eigenvalue weighted by atomic mass is 10.2. The van der Waals surface area contributed by atoms with Gasteiger partial charge in [0.1, 0.15) is 11.6 Å². The first-order valence-electron chi connectivity index (χ1n) is 5.95. The zero-order valence-electron chi connectivity index (χ0n) is 10.8. The molecule has 1 aromatic carbocycles. The van der Waals surface area contributed by atoms with Gasteiger partial charge < -0.3 is 9.63 Å². The molecule has 1 heterocycles. The molecule has 2 rings (SSSR count). The molecule has 0 amide bonds. The highest BCUT2D eigenvalue weighted by atomic mass is 32.2. The van der Waals surface area contributed by atoms with E-state index in [2.05, 4.69) is 24.0 Å². The highest BCUT2D eigenvalue weighted by Gasteiger charge is 2.13. The summed E-state index contributed by atoms with van der Waals surface area (Å²) < 4.78 is 18.2. The van der Waals surface area contributed by atoms with Gasteiger partial charge in [-0.15, -0.1) is 0 Å². The van der Waals surface area contributed by atoms with Crippen LogP contribution in [-0.4, -0.2) is 21.0 Å². The number of aromatic hydroxyl groups is 1. The molecule has 0 bridgehead atoms. The predicted molar refractivity (Wildman–Crippen MR) is 72.4 cm³/mol. The Labute approximate surface area is 115 Å². The molecule has 4 nitrogen and oxygen atoms in total. The van der Waals surface area contributed by atoms with E-state index < -0.39 is 5.82 Å². The van der Waals surface area contributed by atoms with Crippen molar-refractivity contribution in [3.63, 3.8) is 0 Å². The third kappa shape index (κ3) is 3.70. The summed E-state index contributed by atoms with van der Waals surface area (Å²) in [4.78, 5) is 4.15. The van der Waals surface area contributed by atoms with Crippen molar-refractivity contribution < 1.29 is 14.0 Å². The maximum atomic E-state index is 13.1. The van der Waals surface area contributed by atoms with Crippen molar-refractivity contribution in [1.82, 2.24) is 10.1 Å². The number of phenolic OH excluding ortho intramolecular Hbond substituents is 1. The molecule has 6 heteroatoms. The van der Waals surface area contributed by atoms with Crippen molar-refractivity contribution >= 4 is 11.8 Å². The number of hydrogen-bond acceptors (Lipinski definition) is 5. The van der Waals surface area contributed by atoms with Crippen molar-refractivity contribution in [3.8, 4) is 17.2 Å². The second-order valence-electron chi connectivity index (χ2n) is 4.59. The van der Waals surface area contributed by atoms with Crippen LogP contribution < -0.4 is 0 Å². The van der Waals surface area contributed by atoms with E-state index in [-0.39, 0.29) is 17.2 Å². The topological polar surface area (TPSA) is 59.2 Å². The number of benzene rings is 1. The largest absolute Gasteiger partial charge is 0.507 e. The Hall–Kier alpha value is -1.56. The summed E-state index contributed by atoms with van der Waals surface area (Å²) in [5.74, 6) is 2.39. The summed E-state index contributed by atoms with van der Waals surface area (Å²) in [7, 11) is 0. The van der Waals surface area contributed by atoms with Crippen LogP contribution in [0.1, 0.15) is 19.7 Å². The molecule has 19 heavy (non-hydrogen) atoms. The first-order chi connectivity index (χ1) is 9.06. The minimum absolute atomic E-state index is 0.0774. The summed E-state index contributed by atoms with van der Waals surface area (Å²) >= 11 is 1.71. The molecule has 0 unspecified atom stereocenters. The maximum absolute atomic E-state index is 13.1. The van der Waals surface area contributed by atoms with Crippen LogP contribution in [0.5, 0.6) is 5.75 Å². The normalized spacial score (nSPS) is 11.2. The average Bonchev–Trinajstić information content (AvgIpc) is 2.80. The van der Waals surface area contributed by atoms with Gasteiger partial charge in [-0.1, -0.05) is 19.0 Å². The highest BCUT2D eigenvalue weighted by Crippen LogP contribution is 2.28. The summed E-state index contributed by atoms with van der Waals surface area (Å²) in [5, 5.41) is 13.5. The Morgan fingerprint density at radius 2 is 2.21 bits per heavy atom. The molecular formula is C13H15FN2O2S. The van der Waals surface area contributed by atoms with Gasteiger partial charge in [0.05, 0.1) is 11.3 Å². The van der Waals surface area contributed by atoms with Crippen LogP contribution in [0.4, 0.5) is 4.39 Å². The zero-order chi connectivity index (χ0) is 13.8. The summed E-state index contributed by atoms with van der Waals surface area (Å²) in [6.07, 6.45) is 0. The fourth-order valence-electron chi connectivity index (χ4n) is 1.49. The van der Waals surface area contributed by atoms with E-state index in [0.29, 0.717) is 17.5 Å². The molecule has 0 fully saturated rings. The molecule has 1 aromatic heterocycles. The number of aromatic nitrogens is 2. The fourth-order valence-corrected chi connectivity index (χ4v) is 2.38. The SMILES string of the molecule is CC(C)CSCc1noc(-c2cc(F)ccc2O)n1. The Bertz CT molecular complexity index is 557. The van der Waals surface area contributed by atoms with Crippen LogP contribution in [0.25, 0.3) is 11.5 Å². The van der Waals surface area contributed by atoms with Gasteiger partial charge >= 0.3 is 0 Å². The minimum atomic E-state index is -0.457. The molecule has 0 aliphatic rings. The van der Waals surface area contributed by atoms with Crippen molar-refractivity contribution in [2.75, 3.05) is 5.75 Å². The predicted octanol–water partition coefficient (Wildman–Crippen LogP) is 3.47. The third-order valence-electron chi connectivity index (χ3n) is 2.34. The second kappa shape index (κ2) is 6.06. The van der Waals surface area contributed by atoms with Crippen LogP contribution in [0.2, 0.25) is 0 Å². The molecule has 0 saturated carbocycles. The molecule has 2 aromatic rings. The van der Waals surface area contributed by atoms with Crippen molar-refractivity contribution in [2.24, 2.45) is 5.92 Å². The Morgan fingerprint density at radius 3 is 2.95 bits per heavy atom. The van der Waals surface area contributed by atoms with Gasteiger partial charge in [0.25, 0.3) is 5.89 Å². The molecule has 1 N–H and O–H groups in total. The molecule has 0 aliphatic carbocycles. The lowest BCUT2D eigenvalue weighted by Crippen LogP contribution is -1.92. The first kappa shape index (κ1) is 13.9. The molecule has 102 valence electrons. The molecular weight excluding hydrogens is 267 g/mol. The summed E-state index contributed by atoms with van der Waals surface area (Å²) in [5.41, 5.74) is 0.215. The first-order valence-corrected chi connectivity index (χ1v) is 7.11. The number of hydrogen-bond donors (Lipinski definition) is 1. The van der Waals surface area contributed by atoms with Gasteiger partial charge in [-0.2, -0.15) is 16.7 Å². The maximum Gasteiger partial charge on any atom is 0.261 e. The number of thioether (sulfide) groups is 1. The van der Waals surface area contributed by atoms with Crippen LogP contribution >= 0.6 is 11.8 Å². The van der Waals surface area contributed by atoms with Crippen LogP contribution in [0.15, 0.2) is 22.7 Å². The van der Waals surface area contributed by atoms with Crippen molar-refractivity contribution in [3.05, 3.63) is 29.8 Å². The Kier molecular flexibility index (Phi) is 4.42. The zero-order valence-corrected chi connectivity index (χ0v) is 11.6. The molecule has 0 saturated heterocycles. The number of rotatable bonds is 5. The number of halogens is 1. The van der Waals surface area contributed by atoms with Crippen LogP contribution in [0.3, 0.4) is 0 Å². The number of phenols is 1. The van der Waals surface area contributed by atoms with Gasteiger partial charge in [-0.3, -0.25) is 0 Å². The van der Waals surface area contributed by atoms with Crippen molar-refractivity contribution in [2.45, 2.75) is 19.6 Å². The van der Waals surface area contributed by atoms with E-state index in [1.54, 1.807) is 11.8 Å². The smallest absolute Gasteiger partial charge is 0.261 e. The summed E-state index contributed by atoms with van der Waals surface area (Å²) in [6.45, 7) is 4.28. The van der Waals surface area contributed by atoms with E-state index in [0.717, 1.165) is 5.75 Å². The molecule has 0 atom stereocenters. The van der Waals surface area contributed by atoms with Gasteiger partial charge in [-0.25, -0.2) is 4.39 Å². The highest BCUT2D eigenvalue weighted by molar-refractivity contribution is 7.98. The standard InChI is InChI=1S/C13H15FN2O2S/c1-8(2)6-19-7-12-15-13(18-16-12)10-5-9(14)3-4-11(10)17/h3-5,8,17H,6-7H2,1-2H3. The third-order valence-corrected chi connectivity index (χ3v) is 3.70. The molecule has 0 aliphatic heterocycles. The molecule has 0 radical (unpaired) electrons. The fraction of sp³-hybridized carbons (Fsp3) is 0.385. The quantitative estimate of drug-likeness (QED) is 0.910. The average molecular weight is 282 g/mol. The van der Waals surface area contributed by atoms with Gasteiger partial charge in [0.2, 0.25) is 0 Å². The Balaban J connectivity index is 2.10. The van der Waals surface area contributed by atoms with Gasteiger partial charge in [0.15, 0.2) is 5.82 Å². The summed E-state index contributed by atoms with van der Waals surface area (Å²) in [6, 6.07) is 3.62. The van der Waals surface area contributed by atoms with Gasteiger partial charge in [-0.05, 0) is 29.9 Å². The van der Waals surface area contributed by atoms with Crippen LogP contribution in [-0.2, 0) is 5.75 Å².